The summed E-state index contributed by atoms with van der Waals surface area (Å²) in [5.41, 5.74) is 0.830. The zero-order valence-electron chi connectivity index (χ0n) is 17.7. The van der Waals surface area contributed by atoms with Gasteiger partial charge in [0.1, 0.15) is 18.1 Å². The molecule has 1 heterocycles. The molecular weight excluding hydrogens is 414 g/mol. The minimum atomic E-state index is -1.23. The predicted octanol–water partition coefficient (Wildman–Crippen LogP) is 3.03. The van der Waals surface area contributed by atoms with Gasteiger partial charge < -0.3 is 24.6 Å². The first kappa shape index (κ1) is 22.5. The summed E-state index contributed by atoms with van der Waals surface area (Å²) in [6, 6.07) is 16.6. The maximum Gasteiger partial charge on any atom is 0.326 e. The highest BCUT2D eigenvalue weighted by Crippen LogP contribution is 2.20. The van der Waals surface area contributed by atoms with Gasteiger partial charge in [-0.3, -0.25) is 14.4 Å². The van der Waals surface area contributed by atoms with Gasteiger partial charge in [0.05, 0.1) is 6.61 Å². The van der Waals surface area contributed by atoms with E-state index in [0.29, 0.717) is 29.2 Å². The number of benzene rings is 2. The molecule has 3 rings (SSSR count). The number of carbonyl (C=O) groups excluding carboxylic acids is 3. The lowest BCUT2D eigenvalue weighted by Gasteiger charge is -2.17. The Balaban J connectivity index is 1.61. The Kier molecular flexibility index (Phi) is 7.58. The fourth-order valence-electron chi connectivity index (χ4n) is 2.81. The van der Waals surface area contributed by atoms with E-state index in [-0.39, 0.29) is 5.82 Å². The Morgan fingerprint density at radius 3 is 2.41 bits per heavy atom. The van der Waals surface area contributed by atoms with Crippen molar-refractivity contribution in [1.29, 1.82) is 0 Å². The van der Waals surface area contributed by atoms with E-state index in [1.165, 1.54) is 0 Å². The number of anilines is 1. The zero-order chi connectivity index (χ0) is 22.9. The van der Waals surface area contributed by atoms with Gasteiger partial charge in [0, 0.05) is 17.2 Å². The number of esters is 1. The largest absolute Gasteiger partial charge is 0.494 e. The standard InChI is InChI=1S/C23H23N3O6/c1-3-30-18-11-9-17(10-12-18)22(28)24-14-20(27)31-21(16-7-5-4-6-8-16)23(29)25-19-13-15(2)32-26-19/h4-13,21H,3,14H2,1-2H3,(H,24,28)(H,25,26,29)/t21-/m0/s1. The van der Waals surface area contributed by atoms with Crippen molar-refractivity contribution in [1.82, 2.24) is 10.5 Å². The first-order valence-electron chi connectivity index (χ1n) is 9.96. The lowest BCUT2D eigenvalue weighted by atomic mass is 10.1. The fourth-order valence-corrected chi connectivity index (χ4v) is 2.81. The van der Waals surface area contributed by atoms with Crippen LogP contribution in [-0.4, -0.2) is 36.1 Å². The van der Waals surface area contributed by atoms with Crippen molar-refractivity contribution in [3.8, 4) is 5.75 Å². The van der Waals surface area contributed by atoms with Gasteiger partial charge in [0.25, 0.3) is 11.8 Å². The summed E-state index contributed by atoms with van der Waals surface area (Å²) in [6.07, 6.45) is -1.23. The molecule has 0 saturated carbocycles. The molecule has 166 valence electrons. The van der Waals surface area contributed by atoms with Crippen LogP contribution in [0.15, 0.2) is 65.2 Å². The molecular formula is C23H23N3O6. The van der Waals surface area contributed by atoms with Crippen molar-refractivity contribution >= 4 is 23.6 Å². The summed E-state index contributed by atoms with van der Waals surface area (Å²) >= 11 is 0. The average molecular weight is 437 g/mol. The number of carbonyl (C=O) groups is 3. The second-order valence-corrected chi connectivity index (χ2v) is 6.73. The van der Waals surface area contributed by atoms with Gasteiger partial charge in [0.2, 0.25) is 6.10 Å². The third kappa shape index (κ3) is 6.18. The van der Waals surface area contributed by atoms with Gasteiger partial charge in [0.15, 0.2) is 5.82 Å². The number of ether oxygens (including phenoxy) is 2. The third-order valence-corrected chi connectivity index (χ3v) is 4.29. The van der Waals surface area contributed by atoms with E-state index in [0.717, 1.165) is 0 Å². The molecule has 9 nitrogen and oxygen atoms in total. The van der Waals surface area contributed by atoms with Crippen molar-refractivity contribution in [3.05, 3.63) is 77.6 Å². The third-order valence-electron chi connectivity index (χ3n) is 4.29. The van der Waals surface area contributed by atoms with E-state index < -0.39 is 30.4 Å². The summed E-state index contributed by atoms with van der Waals surface area (Å²) < 4.78 is 15.6. The van der Waals surface area contributed by atoms with Crippen LogP contribution in [-0.2, 0) is 14.3 Å². The lowest BCUT2D eigenvalue weighted by Crippen LogP contribution is -2.33. The highest BCUT2D eigenvalue weighted by Gasteiger charge is 2.26. The van der Waals surface area contributed by atoms with E-state index >= 15 is 0 Å². The molecule has 0 aliphatic carbocycles. The van der Waals surface area contributed by atoms with Crippen LogP contribution < -0.4 is 15.4 Å². The Labute approximate surface area is 184 Å². The van der Waals surface area contributed by atoms with E-state index in [2.05, 4.69) is 15.8 Å². The predicted molar refractivity (Wildman–Crippen MR) is 115 cm³/mol. The maximum atomic E-state index is 12.7. The SMILES string of the molecule is CCOc1ccc(C(=O)NCC(=O)O[C@H](C(=O)Nc2cc(C)on2)c2ccccc2)cc1. The number of aryl methyl sites for hydroxylation is 1. The summed E-state index contributed by atoms with van der Waals surface area (Å²) in [4.78, 5) is 37.4. The van der Waals surface area contributed by atoms with Crippen molar-refractivity contribution in [2.24, 2.45) is 0 Å². The molecule has 0 saturated heterocycles. The van der Waals surface area contributed by atoms with Crippen LogP contribution >= 0.6 is 0 Å². The summed E-state index contributed by atoms with van der Waals surface area (Å²) in [6.45, 7) is 3.65. The fraction of sp³-hybridized carbons (Fsp3) is 0.217. The Morgan fingerprint density at radius 2 is 1.78 bits per heavy atom. The van der Waals surface area contributed by atoms with Crippen LogP contribution in [0.1, 0.15) is 34.7 Å². The first-order valence-corrected chi connectivity index (χ1v) is 9.96. The Bertz CT molecular complexity index is 1060. The van der Waals surface area contributed by atoms with Gasteiger partial charge >= 0.3 is 5.97 Å². The highest BCUT2D eigenvalue weighted by atomic mass is 16.5. The van der Waals surface area contributed by atoms with E-state index in [9.17, 15) is 14.4 Å². The second-order valence-electron chi connectivity index (χ2n) is 6.73. The van der Waals surface area contributed by atoms with Crippen LogP contribution in [0.2, 0.25) is 0 Å². The summed E-state index contributed by atoms with van der Waals surface area (Å²) in [7, 11) is 0. The number of hydrogen-bond donors (Lipinski definition) is 2. The smallest absolute Gasteiger partial charge is 0.326 e. The summed E-state index contributed by atoms with van der Waals surface area (Å²) in [5, 5.41) is 8.75. The van der Waals surface area contributed by atoms with Crippen molar-refractivity contribution < 1.29 is 28.4 Å². The minimum absolute atomic E-state index is 0.202. The lowest BCUT2D eigenvalue weighted by molar-refractivity contribution is -0.153. The van der Waals surface area contributed by atoms with Crippen LogP contribution in [0.4, 0.5) is 5.82 Å². The molecule has 3 aromatic rings. The molecule has 9 heteroatoms. The molecule has 0 aliphatic rings. The number of rotatable bonds is 9. The van der Waals surface area contributed by atoms with Crippen LogP contribution in [0, 0.1) is 6.92 Å². The number of nitrogens with one attached hydrogen (secondary N) is 2. The van der Waals surface area contributed by atoms with Gasteiger partial charge in [-0.15, -0.1) is 0 Å². The molecule has 0 fully saturated rings. The van der Waals surface area contributed by atoms with Crippen molar-refractivity contribution in [2.45, 2.75) is 20.0 Å². The monoisotopic (exact) mass is 437 g/mol. The van der Waals surface area contributed by atoms with Crippen molar-refractivity contribution in [2.75, 3.05) is 18.5 Å². The molecule has 1 aromatic heterocycles. The molecule has 2 aromatic carbocycles. The maximum absolute atomic E-state index is 12.7. The van der Waals surface area contributed by atoms with E-state index in [4.69, 9.17) is 14.0 Å². The normalized spacial score (nSPS) is 11.3. The van der Waals surface area contributed by atoms with Gasteiger partial charge in [-0.2, -0.15) is 0 Å². The van der Waals surface area contributed by atoms with E-state index in [1.807, 2.05) is 6.92 Å². The topological polar surface area (TPSA) is 120 Å². The molecule has 0 radical (unpaired) electrons. The molecule has 0 unspecified atom stereocenters. The molecule has 32 heavy (non-hydrogen) atoms. The minimum Gasteiger partial charge on any atom is -0.494 e. The molecule has 0 aliphatic heterocycles. The average Bonchev–Trinajstić information content (AvgIpc) is 3.21. The van der Waals surface area contributed by atoms with Crippen LogP contribution in [0.3, 0.4) is 0 Å². The molecule has 1 atom stereocenters. The Morgan fingerprint density at radius 1 is 1.06 bits per heavy atom. The van der Waals surface area contributed by atoms with Gasteiger partial charge in [-0.25, -0.2) is 0 Å². The Hall–Kier alpha value is -4.14. The van der Waals surface area contributed by atoms with Crippen LogP contribution in [0.5, 0.6) is 5.75 Å². The zero-order valence-corrected chi connectivity index (χ0v) is 17.7. The van der Waals surface area contributed by atoms with E-state index in [1.54, 1.807) is 67.6 Å². The second kappa shape index (κ2) is 10.8. The number of hydrogen-bond acceptors (Lipinski definition) is 7. The number of nitrogens with zero attached hydrogens (tertiary/aromatic N) is 1. The first-order chi connectivity index (χ1) is 15.5. The van der Waals surface area contributed by atoms with Crippen molar-refractivity contribution in [3.63, 3.8) is 0 Å². The molecule has 2 N–H and O–H groups in total. The van der Waals surface area contributed by atoms with Gasteiger partial charge in [-0.05, 0) is 38.1 Å². The number of aromatic nitrogens is 1. The molecule has 2 amide bonds. The number of amides is 2. The molecule has 0 bridgehead atoms. The molecule has 0 spiro atoms. The van der Waals surface area contributed by atoms with Gasteiger partial charge in [-0.1, -0.05) is 35.5 Å². The summed E-state index contributed by atoms with van der Waals surface area (Å²) in [5.74, 6) is -0.467. The van der Waals surface area contributed by atoms with Crippen LogP contribution in [0.25, 0.3) is 0 Å². The highest BCUT2D eigenvalue weighted by molar-refractivity contribution is 5.97. The quantitative estimate of drug-likeness (QED) is 0.494.